The molecule has 0 unspecified atom stereocenters. The molecule has 0 N–H and O–H groups in total. The lowest BCUT2D eigenvalue weighted by Gasteiger charge is -2.02. The fourth-order valence-electron chi connectivity index (χ4n) is 1.31. The first-order valence-electron chi connectivity index (χ1n) is 4.88. The number of carbonyl (C=O) groups is 1. The molecule has 0 aliphatic rings. The monoisotopic (exact) mass is 292 g/mol. The molecule has 0 fully saturated rings. The van der Waals surface area contributed by atoms with E-state index >= 15 is 0 Å². The Bertz CT molecular complexity index is 540. The number of carbonyl (C=O) groups excluding carboxylic acids is 1. The Balaban J connectivity index is 2.39. The maximum absolute atomic E-state index is 11.3. The Labute approximate surface area is 107 Å². The van der Waals surface area contributed by atoms with E-state index in [0.29, 0.717) is 5.82 Å². The number of hydrogen-bond acceptors (Lipinski definition) is 4. The highest BCUT2D eigenvalue weighted by Gasteiger charge is 2.09. The molecule has 86 valence electrons. The molecule has 0 aliphatic heterocycles. The molecule has 0 aliphatic carbocycles. The molecule has 4 nitrogen and oxygen atoms in total. The molecule has 0 radical (unpaired) electrons. The number of aromatic nitrogens is 2. The highest BCUT2D eigenvalue weighted by atomic mass is 79.9. The first-order valence-corrected chi connectivity index (χ1v) is 5.67. The predicted molar refractivity (Wildman–Crippen MR) is 66.5 cm³/mol. The Morgan fingerprint density at radius 3 is 2.59 bits per heavy atom. The average molecular weight is 293 g/mol. The number of benzene rings is 1. The van der Waals surface area contributed by atoms with Crippen LogP contribution in [0.1, 0.15) is 10.5 Å². The van der Waals surface area contributed by atoms with E-state index < -0.39 is 5.97 Å². The Morgan fingerprint density at radius 1 is 1.24 bits per heavy atom. The predicted octanol–water partition coefficient (Wildman–Crippen LogP) is 2.69. The van der Waals surface area contributed by atoms with E-state index in [9.17, 15) is 4.79 Å². The van der Waals surface area contributed by atoms with E-state index in [1.54, 1.807) is 0 Å². The normalized spacial score (nSPS) is 10.0. The van der Waals surface area contributed by atoms with Crippen molar-refractivity contribution in [1.82, 2.24) is 9.97 Å². The van der Waals surface area contributed by atoms with Crippen molar-refractivity contribution < 1.29 is 9.53 Å². The van der Waals surface area contributed by atoms with Crippen molar-refractivity contribution in [3.8, 4) is 11.4 Å². The van der Waals surface area contributed by atoms with Crippen molar-refractivity contribution in [3.05, 3.63) is 46.7 Å². The van der Waals surface area contributed by atoms with Crippen molar-refractivity contribution in [2.45, 2.75) is 0 Å². The third-order valence-electron chi connectivity index (χ3n) is 2.15. The van der Waals surface area contributed by atoms with Crippen LogP contribution in [0.5, 0.6) is 0 Å². The topological polar surface area (TPSA) is 52.1 Å². The molecule has 1 aromatic heterocycles. The summed E-state index contributed by atoms with van der Waals surface area (Å²) in [5.41, 5.74) is 1.10. The van der Waals surface area contributed by atoms with E-state index in [1.807, 2.05) is 24.3 Å². The third-order valence-corrected chi connectivity index (χ3v) is 2.68. The van der Waals surface area contributed by atoms with Crippen molar-refractivity contribution in [3.63, 3.8) is 0 Å². The van der Waals surface area contributed by atoms with Crippen LogP contribution in [0.15, 0.2) is 41.0 Å². The lowest BCUT2D eigenvalue weighted by Crippen LogP contribution is -2.05. The third kappa shape index (κ3) is 2.68. The smallest absolute Gasteiger partial charge is 0.356 e. The van der Waals surface area contributed by atoms with Gasteiger partial charge in [-0.05, 0) is 18.2 Å². The van der Waals surface area contributed by atoms with Gasteiger partial charge in [-0.2, -0.15) is 0 Å². The van der Waals surface area contributed by atoms with Gasteiger partial charge in [-0.3, -0.25) is 0 Å². The fraction of sp³-hybridized carbons (Fsp3) is 0.0833. The summed E-state index contributed by atoms with van der Waals surface area (Å²) in [5, 5.41) is 0. The van der Waals surface area contributed by atoms with E-state index in [0.717, 1.165) is 10.0 Å². The molecule has 2 rings (SSSR count). The van der Waals surface area contributed by atoms with Crippen molar-refractivity contribution in [1.29, 1.82) is 0 Å². The SMILES string of the molecule is COC(=O)c1ccnc(-c2ccc(Br)cc2)n1. The number of halogens is 1. The van der Waals surface area contributed by atoms with Crippen molar-refractivity contribution in [2.75, 3.05) is 7.11 Å². The molecular formula is C12H9BrN2O2. The number of ether oxygens (including phenoxy) is 1. The van der Waals surface area contributed by atoms with Gasteiger partial charge in [-0.25, -0.2) is 14.8 Å². The second kappa shape index (κ2) is 5.05. The van der Waals surface area contributed by atoms with Gasteiger partial charge in [0.1, 0.15) is 0 Å². The summed E-state index contributed by atoms with van der Waals surface area (Å²) >= 11 is 3.35. The lowest BCUT2D eigenvalue weighted by atomic mass is 10.2. The van der Waals surface area contributed by atoms with Crippen LogP contribution in [0.3, 0.4) is 0 Å². The molecule has 2 aromatic rings. The lowest BCUT2D eigenvalue weighted by molar-refractivity contribution is 0.0594. The minimum Gasteiger partial charge on any atom is -0.464 e. The fourth-order valence-corrected chi connectivity index (χ4v) is 1.58. The number of nitrogens with zero attached hydrogens (tertiary/aromatic N) is 2. The Kier molecular flexibility index (Phi) is 3.49. The van der Waals surface area contributed by atoms with Crippen LogP contribution in [0.2, 0.25) is 0 Å². The molecule has 17 heavy (non-hydrogen) atoms. The Hall–Kier alpha value is -1.75. The summed E-state index contributed by atoms with van der Waals surface area (Å²) in [5.74, 6) is 0.0335. The van der Waals surface area contributed by atoms with Crippen LogP contribution in [0.4, 0.5) is 0 Å². The van der Waals surface area contributed by atoms with Crippen LogP contribution >= 0.6 is 15.9 Å². The zero-order chi connectivity index (χ0) is 12.3. The van der Waals surface area contributed by atoms with Crippen LogP contribution in [-0.4, -0.2) is 23.0 Å². The summed E-state index contributed by atoms with van der Waals surface area (Å²) in [6, 6.07) is 9.06. The van der Waals surface area contributed by atoms with Gasteiger partial charge in [0.05, 0.1) is 7.11 Å². The number of esters is 1. The molecule has 1 aromatic carbocycles. The van der Waals surface area contributed by atoms with Gasteiger partial charge in [-0.1, -0.05) is 28.1 Å². The van der Waals surface area contributed by atoms with E-state index in [4.69, 9.17) is 0 Å². The largest absolute Gasteiger partial charge is 0.464 e. The van der Waals surface area contributed by atoms with Gasteiger partial charge in [-0.15, -0.1) is 0 Å². The summed E-state index contributed by atoms with van der Waals surface area (Å²) in [6.45, 7) is 0. The van der Waals surface area contributed by atoms with E-state index in [-0.39, 0.29) is 5.69 Å². The summed E-state index contributed by atoms with van der Waals surface area (Å²) in [6.07, 6.45) is 1.54. The zero-order valence-electron chi connectivity index (χ0n) is 9.05. The maximum atomic E-state index is 11.3. The molecule has 1 heterocycles. The highest BCUT2D eigenvalue weighted by Crippen LogP contribution is 2.18. The van der Waals surface area contributed by atoms with Crippen LogP contribution in [-0.2, 0) is 4.74 Å². The van der Waals surface area contributed by atoms with Crippen LogP contribution in [0.25, 0.3) is 11.4 Å². The first-order chi connectivity index (χ1) is 8.20. The number of hydrogen-bond donors (Lipinski definition) is 0. The summed E-state index contributed by atoms with van der Waals surface area (Å²) in [7, 11) is 1.32. The minimum atomic E-state index is -0.467. The van der Waals surface area contributed by atoms with E-state index in [2.05, 4.69) is 30.6 Å². The van der Waals surface area contributed by atoms with Gasteiger partial charge < -0.3 is 4.74 Å². The number of rotatable bonds is 2. The van der Waals surface area contributed by atoms with Crippen LogP contribution in [0, 0.1) is 0 Å². The van der Waals surface area contributed by atoms with E-state index in [1.165, 1.54) is 19.4 Å². The standard InChI is InChI=1S/C12H9BrN2O2/c1-17-12(16)10-6-7-14-11(15-10)8-2-4-9(13)5-3-8/h2-7H,1H3. The van der Waals surface area contributed by atoms with Gasteiger partial charge in [0.2, 0.25) is 0 Å². The van der Waals surface area contributed by atoms with Gasteiger partial charge in [0.25, 0.3) is 0 Å². The molecule has 0 saturated heterocycles. The molecule has 0 atom stereocenters. The second-order valence-electron chi connectivity index (χ2n) is 3.26. The molecular weight excluding hydrogens is 284 g/mol. The zero-order valence-corrected chi connectivity index (χ0v) is 10.6. The molecule has 0 spiro atoms. The van der Waals surface area contributed by atoms with Crippen molar-refractivity contribution in [2.24, 2.45) is 0 Å². The molecule has 0 bridgehead atoms. The summed E-state index contributed by atoms with van der Waals surface area (Å²) < 4.78 is 5.59. The molecule has 0 amide bonds. The molecule has 0 saturated carbocycles. The Morgan fingerprint density at radius 2 is 1.94 bits per heavy atom. The van der Waals surface area contributed by atoms with Gasteiger partial charge in [0, 0.05) is 16.2 Å². The van der Waals surface area contributed by atoms with Gasteiger partial charge in [0.15, 0.2) is 11.5 Å². The highest BCUT2D eigenvalue weighted by molar-refractivity contribution is 9.10. The van der Waals surface area contributed by atoms with Crippen molar-refractivity contribution >= 4 is 21.9 Å². The first kappa shape index (κ1) is 11.7. The maximum Gasteiger partial charge on any atom is 0.356 e. The number of methoxy groups -OCH3 is 1. The average Bonchev–Trinajstić information content (AvgIpc) is 2.39. The van der Waals surface area contributed by atoms with Gasteiger partial charge >= 0.3 is 5.97 Å². The molecule has 5 heteroatoms. The second-order valence-corrected chi connectivity index (χ2v) is 4.18. The minimum absolute atomic E-state index is 0.250. The quantitative estimate of drug-likeness (QED) is 0.799. The van der Waals surface area contributed by atoms with Crippen LogP contribution < -0.4 is 0 Å². The summed E-state index contributed by atoms with van der Waals surface area (Å²) in [4.78, 5) is 19.6.